The second-order valence-electron chi connectivity index (χ2n) is 4.49. The number of rotatable bonds is 2. The fraction of sp³-hybridized carbons (Fsp3) is 0.308. The van der Waals surface area contributed by atoms with Crippen LogP contribution in [0.5, 0.6) is 0 Å². The first-order valence-electron chi connectivity index (χ1n) is 5.73. The van der Waals surface area contributed by atoms with E-state index in [1.807, 2.05) is 30.3 Å². The highest BCUT2D eigenvalue weighted by Gasteiger charge is 2.27. The molecule has 1 atom stereocenters. The van der Waals surface area contributed by atoms with Gasteiger partial charge in [-0.25, -0.2) is 0 Å². The Bertz CT molecular complexity index is 528. The molecular formula is C13H14N2O2. The van der Waals surface area contributed by atoms with Crippen LogP contribution in [-0.4, -0.2) is 23.4 Å². The summed E-state index contributed by atoms with van der Waals surface area (Å²) < 4.78 is 5.68. The fourth-order valence-corrected chi connectivity index (χ4v) is 2.26. The van der Waals surface area contributed by atoms with Crippen molar-refractivity contribution in [3.8, 4) is 0 Å². The van der Waals surface area contributed by atoms with Crippen LogP contribution in [0.15, 0.2) is 34.7 Å². The van der Waals surface area contributed by atoms with Crippen molar-refractivity contribution in [1.29, 1.82) is 0 Å². The molecule has 17 heavy (non-hydrogen) atoms. The molecule has 3 rings (SSSR count). The molecule has 1 aliphatic rings. The minimum absolute atomic E-state index is 0.0353. The Morgan fingerprint density at radius 3 is 2.94 bits per heavy atom. The second kappa shape index (κ2) is 3.89. The lowest BCUT2D eigenvalue weighted by molar-refractivity contribution is -0.128. The summed E-state index contributed by atoms with van der Waals surface area (Å²) in [5, 5.41) is 1.07. The van der Waals surface area contributed by atoms with Gasteiger partial charge in [0.2, 0.25) is 5.91 Å². The molecule has 0 aliphatic carbocycles. The SMILES string of the molecule is NC1CC(=O)N(Cc2cc3ccccc3o2)C1. The minimum atomic E-state index is -0.0353. The highest BCUT2D eigenvalue weighted by Crippen LogP contribution is 2.21. The van der Waals surface area contributed by atoms with Crippen LogP contribution in [0.2, 0.25) is 0 Å². The number of nitrogens with two attached hydrogens (primary N) is 1. The predicted octanol–water partition coefficient (Wildman–Crippen LogP) is 1.49. The number of hydrogen-bond acceptors (Lipinski definition) is 3. The van der Waals surface area contributed by atoms with Crippen LogP contribution in [0.4, 0.5) is 0 Å². The smallest absolute Gasteiger partial charge is 0.224 e. The van der Waals surface area contributed by atoms with E-state index in [0.29, 0.717) is 19.5 Å². The van der Waals surface area contributed by atoms with Crippen LogP contribution in [-0.2, 0) is 11.3 Å². The van der Waals surface area contributed by atoms with Crippen molar-refractivity contribution in [2.24, 2.45) is 5.73 Å². The number of carbonyl (C=O) groups excluding carboxylic acids is 1. The van der Waals surface area contributed by atoms with Crippen molar-refractivity contribution in [3.63, 3.8) is 0 Å². The molecule has 2 heterocycles. The Kier molecular flexibility index (Phi) is 2.37. The summed E-state index contributed by atoms with van der Waals surface area (Å²) in [4.78, 5) is 13.4. The summed E-state index contributed by atoms with van der Waals surface area (Å²) in [5.74, 6) is 0.923. The standard InChI is InChI=1S/C13H14N2O2/c14-10-6-13(16)15(7-10)8-11-5-9-3-1-2-4-12(9)17-11/h1-5,10H,6-8,14H2. The Hall–Kier alpha value is -1.81. The van der Waals surface area contributed by atoms with E-state index in [1.54, 1.807) is 4.90 Å². The van der Waals surface area contributed by atoms with Gasteiger partial charge in [-0.05, 0) is 12.1 Å². The lowest BCUT2D eigenvalue weighted by Gasteiger charge is -2.13. The molecule has 1 amide bonds. The zero-order valence-corrected chi connectivity index (χ0v) is 9.43. The summed E-state index contributed by atoms with van der Waals surface area (Å²) in [6.45, 7) is 1.14. The number of benzene rings is 1. The summed E-state index contributed by atoms with van der Waals surface area (Å²) in [7, 11) is 0. The third-order valence-corrected chi connectivity index (χ3v) is 3.07. The second-order valence-corrected chi connectivity index (χ2v) is 4.49. The third kappa shape index (κ3) is 1.91. The number of fused-ring (bicyclic) bond motifs is 1. The van der Waals surface area contributed by atoms with Crippen LogP contribution in [0.1, 0.15) is 12.2 Å². The fourth-order valence-electron chi connectivity index (χ4n) is 2.26. The number of carbonyl (C=O) groups is 1. The number of hydrogen-bond donors (Lipinski definition) is 1. The average molecular weight is 230 g/mol. The molecule has 1 aromatic heterocycles. The molecule has 0 radical (unpaired) electrons. The summed E-state index contributed by atoms with van der Waals surface area (Å²) in [5.41, 5.74) is 6.61. The molecule has 4 heteroatoms. The Balaban J connectivity index is 1.83. The molecule has 1 unspecified atom stereocenters. The summed E-state index contributed by atoms with van der Waals surface area (Å²) >= 11 is 0. The topological polar surface area (TPSA) is 59.5 Å². The van der Waals surface area contributed by atoms with Gasteiger partial charge in [0.15, 0.2) is 0 Å². The van der Waals surface area contributed by atoms with Crippen molar-refractivity contribution < 1.29 is 9.21 Å². The van der Waals surface area contributed by atoms with E-state index in [-0.39, 0.29) is 11.9 Å². The maximum atomic E-state index is 11.6. The lowest BCUT2D eigenvalue weighted by Crippen LogP contribution is -2.27. The van der Waals surface area contributed by atoms with E-state index >= 15 is 0 Å². The first-order chi connectivity index (χ1) is 8.22. The van der Waals surface area contributed by atoms with Gasteiger partial charge in [-0.3, -0.25) is 4.79 Å². The molecule has 2 N–H and O–H groups in total. The van der Waals surface area contributed by atoms with Gasteiger partial charge in [0.25, 0.3) is 0 Å². The van der Waals surface area contributed by atoms with E-state index in [0.717, 1.165) is 16.7 Å². The number of furan rings is 1. The molecule has 1 aromatic carbocycles. The third-order valence-electron chi connectivity index (χ3n) is 3.07. The van der Waals surface area contributed by atoms with Gasteiger partial charge in [0.05, 0.1) is 6.54 Å². The van der Waals surface area contributed by atoms with Gasteiger partial charge in [0, 0.05) is 24.4 Å². The monoisotopic (exact) mass is 230 g/mol. The summed E-state index contributed by atoms with van der Waals surface area (Å²) in [6, 6.07) is 9.78. The minimum Gasteiger partial charge on any atom is -0.459 e. The van der Waals surface area contributed by atoms with Crippen molar-refractivity contribution in [1.82, 2.24) is 4.90 Å². The molecule has 1 saturated heterocycles. The molecule has 88 valence electrons. The maximum absolute atomic E-state index is 11.6. The Morgan fingerprint density at radius 2 is 2.24 bits per heavy atom. The normalized spacial score (nSPS) is 20.4. The molecular weight excluding hydrogens is 216 g/mol. The van der Waals surface area contributed by atoms with E-state index < -0.39 is 0 Å². The molecule has 1 aliphatic heterocycles. The maximum Gasteiger partial charge on any atom is 0.224 e. The quantitative estimate of drug-likeness (QED) is 0.850. The van der Waals surface area contributed by atoms with Gasteiger partial charge < -0.3 is 15.1 Å². The van der Waals surface area contributed by atoms with Gasteiger partial charge >= 0.3 is 0 Å². The van der Waals surface area contributed by atoms with Gasteiger partial charge in [0.1, 0.15) is 11.3 Å². The largest absolute Gasteiger partial charge is 0.459 e. The van der Waals surface area contributed by atoms with Gasteiger partial charge in [-0.2, -0.15) is 0 Å². The van der Waals surface area contributed by atoms with Gasteiger partial charge in [-0.15, -0.1) is 0 Å². The molecule has 4 nitrogen and oxygen atoms in total. The number of likely N-dealkylation sites (tertiary alicyclic amines) is 1. The van der Waals surface area contributed by atoms with Crippen molar-refractivity contribution in [3.05, 3.63) is 36.1 Å². The van der Waals surface area contributed by atoms with Crippen LogP contribution in [0.25, 0.3) is 11.0 Å². The molecule has 2 aromatic rings. The average Bonchev–Trinajstić information content (AvgIpc) is 2.82. The molecule has 0 spiro atoms. The van der Waals surface area contributed by atoms with Crippen LogP contribution in [0, 0.1) is 0 Å². The molecule has 0 saturated carbocycles. The molecule has 0 bridgehead atoms. The zero-order valence-electron chi connectivity index (χ0n) is 9.43. The highest BCUT2D eigenvalue weighted by molar-refractivity contribution is 5.80. The number of nitrogens with zero attached hydrogens (tertiary/aromatic N) is 1. The van der Waals surface area contributed by atoms with Crippen molar-refractivity contribution in [2.75, 3.05) is 6.54 Å². The molecule has 1 fully saturated rings. The van der Waals surface area contributed by atoms with E-state index in [1.165, 1.54) is 0 Å². The predicted molar refractivity (Wildman–Crippen MR) is 64.2 cm³/mol. The van der Waals surface area contributed by atoms with Gasteiger partial charge in [-0.1, -0.05) is 18.2 Å². The van der Waals surface area contributed by atoms with E-state index in [9.17, 15) is 4.79 Å². The van der Waals surface area contributed by atoms with E-state index in [2.05, 4.69) is 0 Å². The van der Waals surface area contributed by atoms with Crippen LogP contribution in [0.3, 0.4) is 0 Å². The Morgan fingerprint density at radius 1 is 1.41 bits per heavy atom. The lowest BCUT2D eigenvalue weighted by atomic mass is 10.2. The first-order valence-corrected chi connectivity index (χ1v) is 5.73. The number of para-hydroxylation sites is 1. The first kappa shape index (κ1) is 10.4. The number of amides is 1. The highest BCUT2D eigenvalue weighted by atomic mass is 16.3. The van der Waals surface area contributed by atoms with Crippen molar-refractivity contribution in [2.45, 2.75) is 19.0 Å². The van der Waals surface area contributed by atoms with Crippen LogP contribution < -0.4 is 5.73 Å². The van der Waals surface area contributed by atoms with Crippen molar-refractivity contribution >= 4 is 16.9 Å². The van der Waals surface area contributed by atoms with E-state index in [4.69, 9.17) is 10.2 Å². The summed E-state index contributed by atoms with van der Waals surface area (Å²) in [6.07, 6.45) is 0.445. The zero-order chi connectivity index (χ0) is 11.8. The Labute approximate surface area is 99.0 Å². The van der Waals surface area contributed by atoms with Crippen LogP contribution >= 0.6 is 0 Å².